The highest BCUT2D eigenvalue weighted by atomic mass is 19.1. The Morgan fingerprint density at radius 2 is 2.31 bits per heavy atom. The zero-order chi connectivity index (χ0) is 11.5. The molecule has 0 unspecified atom stereocenters. The average Bonchev–Trinajstić information content (AvgIpc) is 2.81. The van der Waals surface area contributed by atoms with Crippen LogP contribution < -0.4 is 4.74 Å². The number of methoxy groups -OCH3 is 1. The third-order valence-corrected chi connectivity index (χ3v) is 2.35. The smallest absolute Gasteiger partial charge is 0.230 e. The SMILES string of the molecule is COc1ccc(C(=O)C2=CCCO2)c(F)c1. The highest BCUT2D eigenvalue weighted by Crippen LogP contribution is 2.21. The van der Waals surface area contributed by atoms with Crippen molar-refractivity contribution < 1.29 is 18.7 Å². The second-order valence-corrected chi connectivity index (χ2v) is 3.38. The predicted octanol–water partition coefficient (Wildman–Crippen LogP) is 2.32. The summed E-state index contributed by atoms with van der Waals surface area (Å²) in [6.07, 6.45) is 2.37. The molecule has 4 heteroatoms. The van der Waals surface area contributed by atoms with Crippen molar-refractivity contribution in [2.24, 2.45) is 0 Å². The number of allylic oxidation sites excluding steroid dienone is 1. The summed E-state index contributed by atoms with van der Waals surface area (Å²) in [6, 6.07) is 4.13. The van der Waals surface area contributed by atoms with Gasteiger partial charge in [-0.25, -0.2) is 4.39 Å². The van der Waals surface area contributed by atoms with Crippen molar-refractivity contribution in [1.82, 2.24) is 0 Å². The Kier molecular flexibility index (Phi) is 2.90. The van der Waals surface area contributed by atoms with Crippen molar-refractivity contribution in [2.45, 2.75) is 6.42 Å². The van der Waals surface area contributed by atoms with Crippen LogP contribution in [0.3, 0.4) is 0 Å². The van der Waals surface area contributed by atoms with Gasteiger partial charge < -0.3 is 9.47 Å². The van der Waals surface area contributed by atoms with Crippen molar-refractivity contribution in [1.29, 1.82) is 0 Å². The number of benzene rings is 1. The Labute approximate surface area is 92.5 Å². The van der Waals surface area contributed by atoms with Crippen molar-refractivity contribution in [3.63, 3.8) is 0 Å². The molecule has 0 radical (unpaired) electrons. The molecule has 0 fully saturated rings. The van der Waals surface area contributed by atoms with E-state index < -0.39 is 11.6 Å². The van der Waals surface area contributed by atoms with Crippen LogP contribution in [0.2, 0.25) is 0 Å². The first kappa shape index (κ1) is 10.7. The molecule has 0 atom stereocenters. The summed E-state index contributed by atoms with van der Waals surface area (Å²) in [7, 11) is 1.44. The molecule has 0 aliphatic carbocycles. The lowest BCUT2D eigenvalue weighted by Crippen LogP contribution is -2.06. The van der Waals surface area contributed by atoms with Gasteiger partial charge in [0, 0.05) is 12.5 Å². The number of ether oxygens (including phenoxy) is 2. The molecular weight excluding hydrogens is 211 g/mol. The molecule has 0 spiro atoms. The van der Waals surface area contributed by atoms with Crippen LogP contribution in [0.1, 0.15) is 16.8 Å². The number of Topliss-reactive ketones (excluding diaryl/α,β-unsaturated/α-hetero) is 1. The molecule has 0 aromatic heterocycles. The molecule has 1 aliphatic rings. The minimum Gasteiger partial charge on any atom is -0.497 e. The Morgan fingerprint density at radius 1 is 1.50 bits per heavy atom. The Morgan fingerprint density at radius 3 is 2.88 bits per heavy atom. The van der Waals surface area contributed by atoms with E-state index in [1.165, 1.54) is 19.2 Å². The van der Waals surface area contributed by atoms with Crippen LogP contribution in [0.15, 0.2) is 30.0 Å². The van der Waals surface area contributed by atoms with E-state index in [1.54, 1.807) is 12.1 Å². The predicted molar refractivity (Wildman–Crippen MR) is 55.9 cm³/mol. The summed E-state index contributed by atoms with van der Waals surface area (Å²) in [5.74, 6) is -0.405. The fraction of sp³-hybridized carbons (Fsp3) is 0.250. The van der Waals surface area contributed by atoms with E-state index in [0.29, 0.717) is 18.8 Å². The fourth-order valence-corrected chi connectivity index (χ4v) is 1.52. The first-order valence-corrected chi connectivity index (χ1v) is 4.93. The molecule has 1 aromatic carbocycles. The molecule has 84 valence electrons. The molecule has 0 bridgehead atoms. The maximum absolute atomic E-state index is 13.6. The maximum Gasteiger partial charge on any atom is 0.230 e. The number of ketones is 1. The van der Waals surface area contributed by atoms with Gasteiger partial charge in [0.1, 0.15) is 11.6 Å². The molecule has 0 amide bonds. The summed E-state index contributed by atoms with van der Waals surface area (Å²) in [6.45, 7) is 0.485. The van der Waals surface area contributed by atoms with Gasteiger partial charge in [0.25, 0.3) is 0 Å². The summed E-state index contributed by atoms with van der Waals surface area (Å²) in [5, 5.41) is 0. The van der Waals surface area contributed by atoms with Gasteiger partial charge in [-0.15, -0.1) is 0 Å². The largest absolute Gasteiger partial charge is 0.497 e. The molecule has 16 heavy (non-hydrogen) atoms. The maximum atomic E-state index is 13.6. The number of carbonyl (C=O) groups is 1. The molecule has 2 rings (SSSR count). The number of rotatable bonds is 3. The average molecular weight is 222 g/mol. The first-order valence-electron chi connectivity index (χ1n) is 4.93. The Balaban J connectivity index is 2.30. The van der Waals surface area contributed by atoms with Crippen LogP contribution in [-0.4, -0.2) is 19.5 Å². The molecule has 1 aliphatic heterocycles. The molecule has 1 aromatic rings. The monoisotopic (exact) mass is 222 g/mol. The third kappa shape index (κ3) is 1.91. The Hall–Kier alpha value is -1.84. The van der Waals surface area contributed by atoms with E-state index in [9.17, 15) is 9.18 Å². The van der Waals surface area contributed by atoms with Crippen molar-refractivity contribution in [3.05, 3.63) is 41.4 Å². The second-order valence-electron chi connectivity index (χ2n) is 3.38. The number of hydrogen-bond donors (Lipinski definition) is 0. The van der Waals surface area contributed by atoms with Gasteiger partial charge in [0.15, 0.2) is 5.76 Å². The minimum absolute atomic E-state index is 0.00829. The van der Waals surface area contributed by atoms with Crippen LogP contribution in [0.4, 0.5) is 4.39 Å². The van der Waals surface area contributed by atoms with Gasteiger partial charge in [0.05, 0.1) is 19.3 Å². The molecule has 0 saturated heterocycles. The quantitative estimate of drug-likeness (QED) is 0.736. The zero-order valence-electron chi connectivity index (χ0n) is 8.83. The Bertz CT molecular complexity index is 452. The summed E-state index contributed by atoms with van der Waals surface area (Å²) >= 11 is 0. The molecule has 3 nitrogen and oxygen atoms in total. The lowest BCUT2D eigenvalue weighted by molar-refractivity contribution is 0.0938. The molecule has 0 saturated carbocycles. The molecule has 0 N–H and O–H groups in total. The molecule has 1 heterocycles. The van der Waals surface area contributed by atoms with Crippen LogP contribution in [0.5, 0.6) is 5.75 Å². The number of halogens is 1. The van der Waals surface area contributed by atoms with Gasteiger partial charge in [-0.3, -0.25) is 4.79 Å². The van der Waals surface area contributed by atoms with E-state index >= 15 is 0 Å². The lowest BCUT2D eigenvalue weighted by Gasteiger charge is -2.05. The fourth-order valence-electron chi connectivity index (χ4n) is 1.52. The van der Waals surface area contributed by atoms with Gasteiger partial charge in [0.2, 0.25) is 5.78 Å². The van der Waals surface area contributed by atoms with Crippen molar-refractivity contribution >= 4 is 5.78 Å². The summed E-state index contributed by atoms with van der Waals surface area (Å²) in [4.78, 5) is 11.8. The third-order valence-electron chi connectivity index (χ3n) is 2.35. The molecular formula is C12H11FO3. The van der Waals surface area contributed by atoms with Crippen molar-refractivity contribution in [2.75, 3.05) is 13.7 Å². The van der Waals surface area contributed by atoms with Gasteiger partial charge >= 0.3 is 0 Å². The van der Waals surface area contributed by atoms with Gasteiger partial charge in [-0.1, -0.05) is 0 Å². The zero-order valence-corrected chi connectivity index (χ0v) is 8.83. The van der Waals surface area contributed by atoms with Crippen LogP contribution in [-0.2, 0) is 4.74 Å². The second kappa shape index (κ2) is 4.35. The van der Waals surface area contributed by atoms with Gasteiger partial charge in [-0.05, 0) is 18.2 Å². The first-order chi connectivity index (χ1) is 7.72. The van der Waals surface area contributed by atoms with Crippen LogP contribution >= 0.6 is 0 Å². The topological polar surface area (TPSA) is 35.5 Å². The van der Waals surface area contributed by atoms with Crippen LogP contribution in [0.25, 0.3) is 0 Å². The van der Waals surface area contributed by atoms with E-state index in [0.717, 1.165) is 0 Å². The number of carbonyl (C=O) groups excluding carboxylic acids is 1. The van der Waals surface area contributed by atoms with E-state index in [2.05, 4.69) is 0 Å². The summed E-state index contributed by atoms with van der Waals surface area (Å²) < 4.78 is 23.5. The van der Waals surface area contributed by atoms with Crippen LogP contribution in [0, 0.1) is 5.82 Å². The van der Waals surface area contributed by atoms with Crippen molar-refractivity contribution in [3.8, 4) is 5.75 Å². The number of hydrogen-bond acceptors (Lipinski definition) is 3. The summed E-state index contributed by atoms with van der Waals surface area (Å²) in [5.41, 5.74) is 0.00829. The minimum atomic E-state index is -0.597. The van der Waals surface area contributed by atoms with E-state index in [1.807, 2.05) is 0 Å². The van der Waals surface area contributed by atoms with E-state index in [-0.39, 0.29) is 11.3 Å². The highest BCUT2D eigenvalue weighted by Gasteiger charge is 2.20. The normalized spacial score (nSPS) is 14.2. The van der Waals surface area contributed by atoms with E-state index in [4.69, 9.17) is 9.47 Å². The highest BCUT2D eigenvalue weighted by molar-refractivity contribution is 6.07. The standard InChI is InChI=1S/C12H11FO3/c1-15-8-4-5-9(10(13)7-8)12(14)11-3-2-6-16-11/h3-5,7H,2,6H2,1H3. The lowest BCUT2D eigenvalue weighted by atomic mass is 10.1. The van der Waals surface area contributed by atoms with Gasteiger partial charge in [-0.2, -0.15) is 0 Å².